The zero-order valence-corrected chi connectivity index (χ0v) is 10.7. The van der Waals surface area contributed by atoms with Crippen LogP contribution in [0.15, 0.2) is 18.2 Å². The Labute approximate surface area is 102 Å². The maximum absolute atomic E-state index is 11.6. The lowest BCUT2D eigenvalue weighted by molar-refractivity contribution is -0.170. The molecule has 0 bridgehead atoms. The van der Waals surface area contributed by atoms with Gasteiger partial charge in [-0.15, -0.1) is 0 Å². The number of nitrogens with zero attached hydrogens (tertiary/aromatic N) is 1. The molecule has 0 aliphatic carbocycles. The summed E-state index contributed by atoms with van der Waals surface area (Å²) in [5.41, 5.74) is 2.91. The van der Waals surface area contributed by atoms with Crippen LogP contribution in [0.4, 0.5) is 0 Å². The Hall–Kier alpha value is -1.39. The number of amides is 1. The van der Waals surface area contributed by atoms with Gasteiger partial charge in [0, 0.05) is 7.05 Å². The minimum atomic E-state index is -0.791. The molecule has 0 heterocycles. The van der Waals surface area contributed by atoms with E-state index in [0.29, 0.717) is 0 Å². The molecule has 0 spiro atoms. The van der Waals surface area contributed by atoms with Crippen LogP contribution in [0, 0.1) is 13.8 Å². The number of hydroxylamine groups is 2. The lowest BCUT2D eigenvalue weighted by atomic mass is 9.99. The summed E-state index contributed by atoms with van der Waals surface area (Å²) in [6, 6.07) is 5.77. The van der Waals surface area contributed by atoms with Crippen LogP contribution in [0.2, 0.25) is 0 Å². The molecule has 4 nitrogen and oxygen atoms in total. The third-order valence-electron chi connectivity index (χ3n) is 2.78. The Morgan fingerprint density at radius 3 is 2.65 bits per heavy atom. The third-order valence-corrected chi connectivity index (χ3v) is 2.78. The Balaban J connectivity index is 2.76. The summed E-state index contributed by atoms with van der Waals surface area (Å²) in [5, 5.41) is 11.1. The minimum absolute atomic E-state index is 0.0221. The number of aryl methyl sites for hydroxylation is 2. The van der Waals surface area contributed by atoms with Gasteiger partial charge >= 0.3 is 0 Å². The maximum atomic E-state index is 11.6. The highest BCUT2D eigenvalue weighted by molar-refractivity contribution is 5.75. The molecule has 0 saturated heterocycles. The van der Waals surface area contributed by atoms with E-state index in [-0.39, 0.29) is 12.3 Å². The van der Waals surface area contributed by atoms with Crippen LogP contribution < -0.4 is 0 Å². The number of carbonyl (C=O) groups is 1. The fourth-order valence-electron chi connectivity index (χ4n) is 1.71. The molecule has 1 atom stereocenters. The lowest BCUT2D eigenvalue weighted by Gasteiger charge is -2.18. The average Bonchev–Trinajstić information content (AvgIpc) is 2.27. The van der Waals surface area contributed by atoms with Crippen LogP contribution in [-0.4, -0.2) is 30.2 Å². The molecule has 0 aromatic heterocycles. The Morgan fingerprint density at radius 2 is 2.12 bits per heavy atom. The standard InChI is InChI=1S/C13H19NO3/c1-9-5-6-11(10(2)7-9)12(15)8-13(16)14(3)17-4/h5-7,12,15H,8H2,1-4H3. The van der Waals surface area contributed by atoms with Crippen molar-refractivity contribution >= 4 is 5.91 Å². The zero-order chi connectivity index (χ0) is 13.0. The molecule has 0 saturated carbocycles. The highest BCUT2D eigenvalue weighted by Gasteiger charge is 2.17. The van der Waals surface area contributed by atoms with Gasteiger partial charge in [-0.25, -0.2) is 5.06 Å². The van der Waals surface area contributed by atoms with Crippen LogP contribution in [0.3, 0.4) is 0 Å². The van der Waals surface area contributed by atoms with Gasteiger partial charge in [-0.05, 0) is 25.0 Å². The van der Waals surface area contributed by atoms with Crippen molar-refractivity contribution in [2.24, 2.45) is 0 Å². The molecule has 1 unspecified atom stereocenters. The van der Waals surface area contributed by atoms with Gasteiger partial charge in [-0.1, -0.05) is 23.8 Å². The second-order valence-corrected chi connectivity index (χ2v) is 4.15. The number of hydrogen-bond donors (Lipinski definition) is 1. The summed E-state index contributed by atoms with van der Waals surface area (Å²) in [6.45, 7) is 3.92. The van der Waals surface area contributed by atoms with Crippen molar-refractivity contribution in [2.45, 2.75) is 26.4 Å². The number of aliphatic hydroxyl groups excluding tert-OH is 1. The van der Waals surface area contributed by atoms with E-state index >= 15 is 0 Å². The van der Waals surface area contributed by atoms with Crippen LogP contribution in [0.25, 0.3) is 0 Å². The van der Waals surface area contributed by atoms with Crippen molar-refractivity contribution in [1.29, 1.82) is 0 Å². The number of aliphatic hydroxyl groups is 1. The summed E-state index contributed by atoms with van der Waals surface area (Å²) in [6.07, 6.45) is -0.769. The van der Waals surface area contributed by atoms with E-state index in [1.807, 2.05) is 32.0 Å². The minimum Gasteiger partial charge on any atom is -0.388 e. The fraction of sp³-hybridized carbons (Fsp3) is 0.462. The van der Waals surface area contributed by atoms with Crippen molar-refractivity contribution in [3.63, 3.8) is 0 Å². The normalized spacial score (nSPS) is 12.3. The SMILES string of the molecule is CON(C)C(=O)CC(O)c1ccc(C)cc1C. The first-order valence-electron chi connectivity index (χ1n) is 5.51. The number of carbonyl (C=O) groups excluding carboxylic acids is 1. The number of rotatable bonds is 4. The lowest BCUT2D eigenvalue weighted by Crippen LogP contribution is -2.27. The predicted molar refractivity (Wildman–Crippen MR) is 65.3 cm³/mol. The van der Waals surface area contributed by atoms with Gasteiger partial charge in [0.2, 0.25) is 5.91 Å². The molecule has 4 heteroatoms. The molecule has 0 aliphatic heterocycles. The summed E-state index contributed by atoms with van der Waals surface area (Å²) in [5.74, 6) is -0.250. The first-order chi connectivity index (χ1) is 7.95. The molecular formula is C13H19NO3. The quantitative estimate of drug-likeness (QED) is 0.812. The van der Waals surface area contributed by atoms with Gasteiger partial charge < -0.3 is 5.11 Å². The monoisotopic (exact) mass is 237 g/mol. The van der Waals surface area contributed by atoms with Gasteiger partial charge in [0.05, 0.1) is 19.6 Å². The topological polar surface area (TPSA) is 49.8 Å². The average molecular weight is 237 g/mol. The molecule has 1 N–H and O–H groups in total. The first-order valence-corrected chi connectivity index (χ1v) is 5.51. The van der Waals surface area contributed by atoms with Crippen molar-refractivity contribution in [3.05, 3.63) is 34.9 Å². The molecule has 0 aliphatic rings. The molecule has 1 amide bonds. The van der Waals surface area contributed by atoms with Crippen LogP contribution in [0.5, 0.6) is 0 Å². The summed E-state index contributed by atoms with van der Waals surface area (Å²) in [4.78, 5) is 16.3. The Morgan fingerprint density at radius 1 is 1.47 bits per heavy atom. The van der Waals surface area contributed by atoms with Crippen LogP contribution in [-0.2, 0) is 9.63 Å². The van der Waals surface area contributed by atoms with E-state index < -0.39 is 6.10 Å². The van der Waals surface area contributed by atoms with Gasteiger partial charge in [0.25, 0.3) is 0 Å². The van der Waals surface area contributed by atoms with Crippen molar-refractivity contribution in [2.75, 3.05) is 14.2 Å². The molecule has 0 fully saturated rings. The van der Waals surface area contributed by atoms with E-state index in [9.17, 15) is 9.90 Å². The van der Waals surface area contributed by atoms with E-state index in [4.69, 9.17) is 4.84 Å². The number of hydrogen-bond acceptors (Lipinski definition) is 3. The van der Waals surface area contributed by atoms with E-state index in [0.717, 1.165) is 21.8 Å². The second kappa shape index (κ2) is 5.80. The fourth-order valence-corrected chi connectivity index (χ4v) is 1.71. The predicted octanol–water partition coefficient (Wildman–Crippen LogP) is 1.75. The van der Waals surface area contributed by atoms with E-state index in [1.165, 1.54) is 14.2 Å². The molecular weight excluding hydrogens is 218 g/mol. The van der Waals surface area contributed by atoms with Crippen LogP contribution >= 0.6 is 0 Å². The zero-order valence-electron chi connectivity index (χ0n) is 10.7. The summed E-state index contributed by atoms with van der Waals surface area (Å²) < 4.78 is 0. The third kappa shape index (κ3) is 3.54. The Bertz CT molecular complexity index is 404. The van der Waals surface area contributed by atoms with Gasteiger partial charge in [-0.3, -0.25) is 9.63 Å². The smallest absolute Gasteiger partial charge is 0.248 e. The summed E-state index contributed by atoms with van der Waals surface area (Å²) >= 11 is 0. The number of benzene rings is 1. The largest absolute Gasteiger partial charge is 0.388 e. The van der Waals surface area contributed by atoms with Gasteiger partial charge in [0.15, 0.2) is 0 Å². The summed E-state index contributed by atoms with van der Waals surface area (Å²) in [7, 11) is 2.94. The van der Waals surface area contributed by atoms with Crippen molar-refractivity contribution in [1.82, 2.24) is 5.06 Å². The second-order valence-electron chi connectivity index (χ2n) is 4.15. The maximum Gasteiger partial charge on any atom is 0.248 e. The first kappa shape index (κ1) is 13.7. The van der Waals surface area contributed by atoms with Crippen molar-refractivity contribution in [3.8, 4) is 0 Å². The van der Waals surface area contributed by atoms with Crippen molar-refractivity contribution < 1.29 is 14.7 Å². The van der Waals surface area contributed by atoms with E-state index in [1.54, 1.807) is 0 Å². The molecule has 17 heavy (non-hydrogen) atoms. The molecule has 94 valence electrons. The molecule has 1 aromatic carbocycles. The molecule has 0 radical (unpaired) electrons. The van der Waals surface area contributed by atoms with Crippen LogP contribution in [0.1, 0.15) is 29.2 Å². The van der Waals surface area contributed by atoms with Gasteiger partial charge in [-0.2, -0.15) is 0 Å². The van der Waals surface area contributed by atoms with E-state index in [2.05, 4.69) is 0 Å². The highest BCUT2D eigenvalue weighted by Crippen LogP contribution is 2.22. The molecule has 1 aromatic rings. The Kier molecular flexibility index (Phi) is 4.66. The highest BCUT2D eigenvalue weighted by atomic mass is 16.7. The molecule has 1 rings (SSSR count). The van der Waals surface area contributed by atoms with Gasteiger partial charge in [0.1, 0.15) is 0 Å².